The van der Waals surface area contributed by atoms with Crippen LogP contribution in [0.5, 0.6) is 0 Å². The third-order valence-corrected chi connectivity index (χ3v) is 6.12. The molecule has 2 aliphatic carbocycles. The number of aliphatic hydroxyl groups excluding tert-OH is 2. The molecule has 2 N–H and O–H groups in total. The van der Waals surface area contributed by atoms with Gasteiger partial charge in [-0.3, -0.25) is 40.0 Å². The number of nitrogens with zero attached hydrogens (tertiary/aromatic N) is 8. The maximum absolute atomic E-state index is 11.1. The maximum atomic E-state index is 11.1. The van der Waals surface area contributed by atoms with Gasteiger partial charge in [0.05, 0.1) is 19.9 Å². The van der Waals surface area contributed by atoms with Crippen molar-refractivity contribution in [3.63, 3.8) is 0 Å². The van der Waals surface area contributed by atoms with Crippen molar-refractivity contribution in [2.75, 3.05) is 0 Å². The van der Waals surface area contributed by atoms with E-state index in [4.69, 9.17) is 23.2 Å². The number of hydrogen-bond donors (Lipinski definition) is 2. The number of carbonyl (C=O) groups is 2. The van der Waals surface area contributed by atoms with E-state index in [1.807, 2.05) is 0 Å². The van der Waals surface area contributed by atoms with Crippen molar-refractivity contribution in [1.29, 1.82) is 0 Å². The van der Waals surface area contributed by atoms with Crippen molar-refractivity contribution >= 4 is 78.9 Å². The quantitative estimate of drug-likeness (QED) is 0.275. The molecule has 0 aliphatic heterocycles. The number of allylic oxidation sites excluding steroid dienone is 6. The number of halogens is 2. The van der Waals surface area contributed by atoms with E-state index < -0.39 is 21.4 Å². The van der Waals surface area contributed by atoms with Gasteiger partial charge in [-0.15, -0.1) is 0 Å². The van der Waals surface area contributed by atoms with Crippen molar-refractivity contribution < 1.29 is 46.4 Å². The van der Waals surface area contributed by atoms with Gasteiger partial charge in [0.2, 0.25) is 11.6 Å². The van der Waals surface area contributed by atoms with Gasteiger partial charge in [-0.1, -0.05) is 45.9 Å². The Hall–Kier alpha value is -4.01. The molecule has 4 rings (SSSR count). The molecule has 0 spiro atoms. The Bertz CT molecular complexity index is 1550. The van der Waals surface area contributed by atoms with E-state index in [9.17, 15) is 40.0 Å². The number of aromatic nitrogens is 2. The molecule has 203 valence electrons. The summed E-state index contributed by atoms with van der Waals surface area (Å²) < 4.78 is 0. The van der Waals surface area contributed by atoms with Crippen LogP contribution >= 0.6 is 45.9 Å². The summed E-state index contributed by atoms with van der Waals surface area (Å²) in [5, 5.41) is 53.7. The van der Waals surface area contributed by atoms with Crippen molar-refractivity contribution in [2.24, 2.45) is 20.4 Å². The molecule has 0 saturated heterocycles. The van der Waals surface area contributed by atoms with Gasteiger partial charge < -0.3 is 30.4 Å². The van der Waals surface area contributed by atoms with E-state index in [-0.39, 0.29) is 69.4 Å². The molecule has 0 bridgehead atoms. The summed E-state index contributed by atoms with van der Waals surface area (Å²) in [7, 11) is 0. The fourth-order valence-electron chi connectivity index (χ4n) is 2.19. The number of aliphatic hydroxyl groups is 2. The molecular formula is C18H8Cl2CoN8O8S2. The third-order valence-electron chi connectivity index (χ3n) is 3.87. The minimum atomic E-state index is -0.600. The van der Waals surface area contributed by atoms with Crippen molar-refractivity contribution in [2.45, 2.75) is 0 Å². The number of hydrogen-bond acceptors (Lipinski definition) is 14. The number of thiazole rings is 2. The van der Waals surface area contributed by atoms with E-state index >= 15 is 0 Å². The molecule has 2 heterocycles. The Balaban J connectivity index is 0.000000267. The molecule has 2 aromatic rings. The first kappa shape index (κ1) is 31.2. The van der Waals surface area contributed by atoms with Crippen molar-refractivity contribution in [3.05, 3.63) is 88.1 Å². The second kappa shape index (κ2) is 13.7. The number of nitro groups is 2. The topological polar surface area (TPSA) is 239 Å². The molecule has 1 radical (unpaired) electrons. The zero-order valence-electron chi connectivity index (χ0n) is 18.3. The molecule has 0 saturated carbocycles. The Labute approximate surface area is 242 Å². The molecule has 0 unspecified atom stereocenters. The van der Waals surface area contributed by atoms with Gasteiger partial charge in [0, 0.05) is 34.1 Å². The first-order valence-electron chi connectivity index (χ1n) is 9.37. The van der Waals surface area contributed by atoms with Crippen LogP contribution in [0.25, 0.3) is 0 Å². The summed E-state index contributed by atoms with van der Waals surface area (Å²) in [6.07, 6.45) is 6.19. The zero-order chi connectivity index (χ0) is 28.0. The monoisotopic (exact) mass is 657 g/mol. The second-order valence-electron chi connectivity index (χ2n) is 6.42. The summed E-state index contributed by atoms with van der Waals surface area (Å²) in [6, 6.07) is 0. The predicted molar refractivity (Wildman–Crippen MR) is 134 cm³/mol. The van der Waals surface area contributed by atoms with E-state index in [1.165, 1.54) is 0 Å². The van der Waals surface area contributed by atoms with Crippen molar-refractivity contribution in [1.82, 2.24) is 9.97 Å². The van der Waals surface area contributed by atoms with Gasteiger partial charge in [-0.25, -0.2) is 0 Å². The molecule has 21 heteroatoms. The Kier molecular flexibility index (Phi) is 10.9. The van der Waals surface area contributed by atoms with Crippen LogP contribution < -0.4 is 19.6 Å². The number of ketones is 2. The molecule has 0 fully saturated rings. The van der Waals surface area contributed by atoms with E-state index in [2.05, 4.69) is 30.4 Å². The van der Waals surface area contributed by atoms with E-state index in [0.29, 0.717) is 0 Å². The van der Waals surface area contributed by atoms with Gasteiger partial charge in [0.25, 0.3) is 0 Å². The van der Waals surface area contributed by atoms with Crippen LogP contribution in [0.4, 0.5) is 10.0 Å². The Morgan fingerprint density at radius 1 is 0.718 bits per heavy atom. The maximum Gasteiger partial charge on any atom is 2.00 e. The predicted octanol–water partition coefficient (Wildman–Crippen LogP) is 2.03. The van der Waals surface area contributed by atoms with Crippen LogP contribution in [0.2, 0.25) is 0 Å². The first-order chi connectivity index (χ1) is 17.9. The molecule has 2 aliphatic rings. The summed E-state index contributed by atoms with van der Waals surface area (Å²) in [5.74, 6) is -1.85. The smallest absolute Gasteiger partial charge is 0.506 e. The van der Waals surface area contributed by atoms with Gasteiger partial charge >= 0.3 is 26.8 Å². The largest absolute Gasteiger partial charge is 2.00 e. The molecule has 2 aromatic heterocycles. The molecule has 16 nitrogen and oxygen atoms in total. The van der Waals surface area contributed by atoms with Crippen LogP contribution in [-0.2, 0) is 26.4 Å². The molecule has 0 aromatic carbocycles. The number of rotatable bonds is 4. The van der Waals surface area contributed by atoms with E-state index in [0.717, 1.165) is 59.4 Å². The molecule has 39 heavy (non-hydrogen) atoms. The molecule has 0 amide bonds. The second-order valence-corrected chi connectivity index (χ2v) is 9.21. The average molecular weight is 658 g/mol. The van der Waals surface area contributed by atoms with Crippen LogP contribution in [0.3, 0.4) is 0 Å². The zero-order valence-corrected chi connectivity index (χ0v) is 22.5. The van der Waals surface area contributed by atoms with Gasteiger partial charge in [-0.05, 0) is 12.2 Å². The standard InChI is InChI=1S/2C9H5ClN4O4S.Co/c2*10-4-1-5(7(16)2-6(4)15)12-13-9-11-3-8(19-9)14(17)18;/h2*1-3H,(H2,11,13,15,16);/q;;+2/p-2. The van der Waals surface area contributed by atoms with E-state index in [1.54, 1.807) is 0 Å². The summed E-state index contributed by atoms with van der Waals surface area (Å²) in [4.78, 5) is 49.3. The fraction of sp³-hybridized carbons (Fsp3) is 0. The minimum absolute atomic E-state index is 0. The molecular weight excluding hydrogens is 650 g/mol. The minimum Gasteiger partial charge on any atom is -0.506 e. The number of carbonyl (C=O) groups excluding carboxylic acids is 2. The molecule has 0 atom stereocenters. The summed E-state index contributed by atoms with van der Waals surface area (Å²) in [6.45, 7) is 0. The fourth-order valence-corrected chi connectivity index (χ4v) is 3.62. The van der Waals surface area contributed by atoms with Gasteiger partial charge in [0.15, 0.2) is 0 Å². The van der Waals surface area contributed by atoms with Crippen LogP contribution in [0, 0.1) is 20.2 Å². The van der Waals surface area contributed by atoms with Crippen LogP contribution in [-0.4, -0.2) is 43.0 Å². The first-order valence-corrected chi connectivity index (χ1v) is 11.8. The normalized spacial score (nSPS) is 18.0. The van der Waals surface area contributed by atoms with Gasteiger partial charge in [0.1, 0.15) is 22.9 Å². The van der Waals surface area contributed by atoms with Crippen molar-refractivity contribution in [3.8, 4) is 0 Å². The van der Waals surface area contributed by atoms with Crippen LogP contribution in [0.15, 0.2) is 78.7 Å². The third kappa shape index (κ3) is 8.49. The Morgan fingerprint density at radius 2 is 1.08 bits per heavy atom. The summed E-state index contributed by atoms with van der Waals surface area (Å²) in [5.41, 5.74) is -0.0510. The summed E-state index contributed by atoms with van der Waals surface area (Å²) >= 11 is 12.6. The van der Waals surface area contributed by atoms with Gasteiger partial charge in [-0.2, -0.15) is 0 Å². The average Bonchev–Trinajstić information content (AvgIpc) is 3.53. The Morgan fingerprint density at radius 3 is 1.38 bits per heavy atom. The van der Waals surface area contributed by atoms with Crippen LogP contribution in [0.1, 0.15) is 0 Å². The SMILES string of the molecule is O=C1C=C(O)/C(=N/N=c2\[n-]cc([N+](=O)[O-])s2)C=C1Cl.O=C1C=C(O)/C(=N/N=c2\[n-]cc([N+](=O)[O-])s2)C=C1Cl.[Co+2].